The molecule has 0 unspecified atom stereocenters. The fraction of sp³-hybridized carbons (Fsp3) is 0.381. The van der Waals surface area contributed by atoms with Gasteiger partial charge in [0.15, 0.2) is 0 Å². The number of fused-ring (bicyclic) bond motifs is 1. The lowest BCUT2D eigenvalue weighted by Gasteiger charge is -2.39. The number of carbonyl (C=O) groups excluding carboxylic acids is 1. The highest BCUT2D eigenvalue weighted by atomic mass is 19.3. The molecule has 0 N–H and O–H groups in total. The molecule has 2 aromatic heterocycles. The first-order chi connectivity index (χ1) is 13.9. The second kappa shape index (κ2) is 7.42. The van der Waals surface area contributed by atoms with Gasteiger partial charge in [0.1, 0.15) is 11.3 Å². The van der Waals surface area contributed by atoms with E-state index in [9.17, 15) is 13.6 Å². The van der Waals surface area contributed by atoms with Gasteiger partial charge in [-0.2, -0.15) is 8.78 Å². The first-order valence-corrected chi connectivity index (χ1v) is 9.59. The monoisotopic (exact) mass is 399 g/mol. The van der Waals surface area contributed by atoms with Crippen LogP contribution in [-0.4, -0.2) is 51.9 Å². The molecule has 1 fully saturated rings. The Morgan fingerprint density at radius 2 is 2.03 bits per heavy atom. The molecule has 1 aliphatic heterocycles. The lowest BCUT2D eigenvalue weighted by atomic mass is 9.89. The lowest BCUT2D eigenvalue weighted by Crippen LogP contribution is -2.50. The molecule has 3 heterocycles. The zero-order valence-corrected chi connectivity index (χ0v) is 16.6. The summed E-state index contributed by atoms with van der Waals surface area (Å²) in [6.45, 7) is 2.78. The highest BCUT2D eigenvalue weighted by molar-refractivity contribution is 5.81. The fourth-order valence-electron chi connectivity index (χ4n) is 3.80. The SMILES string of the molecule is CCc1cc(C2CN(C(=O)C(F)F)C2)ccc1N(C)c1cc2c(cn1)ncn2C. The van der Waals surface area contributed by atoms with Gasteiger partial charge in [0.25, 0.3) is 5.91 Å². The highest BCUT2D eigenvalue weighted by Crippen LogP contribution is 2.33. The first-order valence-electron chi connectivity index (χ1n) is 9.59. The summed E-state index contributed by atoms with van der Waals surface area (Å²) in [5.74, 6) is -0.155. The normalized spacial score (nSPS) is 14.5. The van der Waals surface area contributed by atoms with Gasteiger partial charge in [-0.1, -0.05) is 19.1 Å². The third kappa shape index (κ3) is 3.43. The molecule has 0 aliphatic carbocycles. The quantitative estimate of drug-likeness (QED) is 0.659. The van der Waals surface area contributed by atoms with Crippen molar-refractivity contribution in [2.45, 2.75) is 25.7 Å². The number of anilines is 2. The van der Waals surface area contributed by atoms with Crippen molar-refractivity contribution in [3.05, 3.63) is 47.9 Å². The van der Waals surface area contributed by atoms with Crippen LogP contribution in [0.25, 0.3) is 11.0 Å². The highest BCUT2D eigenvalue weighted by Gasteiger charge is 2.35. The number of alkyl halides is 2. The number of amides is 1. The largest absolute Gasteiger partial charge is 0.336 e. The van der Waals surface area contributed by atoms with Crippen molar-refractivity contribution >= 4 is 28.4 Å². The topological polar surface area (TPSA) is 54.3 Å². The van der Waals surface area contributed by atoms with Gasteiger partial charge in [0.2, 0.25) is 0 Å². The number of nitrogens with zero attached hydrogens (tertiary/aromatic N) is 5. The molecule has 1 saturated heterocycles. The molecular weight excluding hydrogens is 376 g/mol. The van der Waals surface area contributed by atoms with Crippen molar-refractivity contribution in [3.8, 4) is 0 Å². The smallest absolute Gasteiger partial charge is 0.315 e. The van der Waals surface area contributed by atoms with Gasteiger partial charge >= 0.3 is 6.43 Å². The Labute approximate surface area is 167 Å². The van der Waals surface area contributed by atoms with Crippen LogP contribution in [0.2, 0.25) is 0 Å². The van der Waals surface area contributed by atoms with Crippen molar-refractivity contribution in [3.63, 3.8) is 0 Å². The van der Waals surface area contributed by atoms with Gasteiger partial charge < -0.3 is 14.4 Å². The standard InChI is InChI=1S/C21H23F2N5O/c1-4-13-7-14(15-10-28(11-15)21(29)20(22)23)5-6-17(13)27(3)19-8-18-16(9-24-19)25-12-26(18)2/h5-9,12,15,20H,4,10-11H2,1-3H3. The summed E-state index contributed by atoms with van der Waals surface area (Å²) in [6, 6.07) is 8.18. The maximum atomic E-state index is 12.5. The first kappa shape index (κ1) is 19.3. The van der Waals surface area contributed by atoms with Crippen molar-refractivity contribution in [2.24, 2.45) is 7.05 Å². The number of hydrogen-bond donors (Lipinski definition) is 0. The Hall–Kier alpha value is -3.03. The maximum Gasteiger partial charge on any atom is 0.315 e. The summed E-state index contributed by atoms with van der Waals surface area (Å²) in [4.78, 5) is 23.5. The van der Waals surface area contributed by atoms with E-state index in [1.165, 1.54) is 4.90 Å². The Balaban J connectivity index is 1.56. The number of imidazole rings is 1. The molecule has 1 amide bonds. The summed E-state index contributed by atoms with van der Waals surface area (Å²) in [7, 11) is 3.93. The number of rotatable bonds is 5. The minimum Gasteiger partial charge on any atom is -0.336 e. The van der Waals surface area contributed by atoms with Gasteiger partial charge in [-0.3, -0.25) is 4.79 Å². The maximum absolute atomic E-state index is 12.5. The van der Waals surface area contributed by atoms with E-state index in [2.05, 4.69) is 23.0 Å². The Kier molecular flexibility index (Phi) is 4.94. The molecule has 4 rings (SSSR count). The molecule has 0 radical (unpaired) electrons. The predicted octanol–water partition coefficient (Wildman–Crippen LogP) is 3.49. The van der Waals surface area contributed by atoms with E-state index < -0.39 is 12.3 Å². The summed E-state index contributed by atoms with van der Waals surface area (Å²) in [5, 5.41) is 0. The van der Waals surface area contributed by atoms with E-state index >= 15 is 0 Å². The second-order valence-electron chi connectivity index (χ2n) is 7.43. The van der Waals surface area contributed by atoms with E-state index in [0.29, 0.717) is 13.1 Å². The van der Waals surface area contributed by atoms with Gasteiger partial charge in [-0.25, -0.2) is 9.97 Å². The summed E-state index contributed by atoms with van der Waals surface area (Å²) < 4.78 is 27.0. The molecule has 0 spiro atoms. The summed E-state index contributed by atoms with van der Waals surface area (Å²) in [6.07, 6.45) is 1.43. The Morgan fingerprint density at radius 3 is 2.72 bits per heavy atom. The van der Waals surface area contributed by atoms with Crippen molar-refractivity contribution < 1.29 is 13.6 Å². The number of hydrogen-bond acceptors (Lipinski definition) is 4. The molecular formula is C21H23F2N5O. The van der Waals surface area contributed by atoms with Gasteiger partial charge in [-0.05, 0) is 23.6 Å². The van der Waals surface area contributed by atoms with Crippen LogP contribution in [0.15, 0.2) is 36.8 Å². The number of aromatic nitrogens is 3. The third-order valence-corrected chi connectivity index (χ3v) is 5.64. The van der Waals surface area contributed by atoms with Gasteiger partial charge in [-0.15, -0.1) is 0 Å². The average molecular weight is 399 g/mol. The van der Waals surface area contributed by atoms with Gasteiger partial charge in [0.05, 0.1) is 18.0 Å². The number of carbonyl (C=O) groups is 1. The Bertz CT molecular complexity index is 1060. The van der Waals surface area contributed by atoms with E-state index in [-0.39, 0.29) is 5.92 Å². The zero-order valence-electron chi connectivity index (χ0n) is 16.6. The second-order valence-corrected chi connectivity index (χ2v) is 7.43. The van der Waals surface area contributed by atoms with Crippen LogP contribution < -0.4 is 4.90 Å². The van der Waals surface area contributed by atoms with E-state index in [1.54, 1.807) is 12.5 Å². The van der Waals surface area contributed by atoms with Crippen LogP contribution in [0.1, 0.15) is 24.0 Å². The average Bonchev–Trinajstić information content (AvgIpc) is 3.06. The van der Waals surface area contributed by atoms with E-state index in [0.717, 1.165) is 40.1 Å². The van der Waals surface area contributed by atoms with Crippen LogP contribution >= 0.6 is 0 Å². The third-order valence-electron chi connectivity index (χ3n) is 5.64. The van der Waals surface area contributed by atoms with Crippen LogP contribution in [0.5, 0.6) is 0 Å². The molecule has 0 saturated carbocycles. The molecule has 152 valence electrons. The number of likely N-dealkylation sites (tertiary alicyclic amines) is 1. The van der Waals surface area contributed by atoms with Crippen LogP contribution in [0.3, 0.4) is 0 Å². The molecule has 0 bridgehead atoms. The number of benzene rings is 1. The molecule has 3 aromatic rings. The minimum absolute atomic E-state index is 0.103. The number of halogens is 2. The van der Waals surface area contributed by atoms with Crippen molar-refractivity contribution in [1.29, 1.82) is 0 Å². The lowest BCUT2D eigenvalue weighted by molar-refractivity contribution is -0.147. The number of pyridine rings is 1. The minimum atomic E-state index is -2.93. The molecule has 6 nitrogen and oxygen atoms in total. The fourth-order valence-corrected chi connectivity index (χ4v) is 3.80. The molecule has 1 aliphatic rings. The van der Waals surface area contributed by atoms with Crippen molar-refractivity contribution in [2.75, 3.05) is 25.0 Å². The molecule has 1 aromatic carbocycles. The van der Waals surface area contributed by atoms with Crippen molar-refractivity contribution in [1.82, 2.24) is 19.4 Å². The Morgan fingerprint density at radius 1 is 1.28 bits per heavy atom. The van der Waals surface area contributed by atoms with E-state index in [4.69, 9.17) is 0 Å². The number of aryl methyl sites for hydroxylation is 2. The molecule has 8 heteroatoms. The van der Waals surface area contributed by atoms with Crippen LogP contribution in [-0.2, 0) is 18.3 Å². The zero-order chi connectivity index (χ0) is 20.7. The van der Waals surface area contributed by atoms with Crippen LogP contribution in [0.4, 0.5) is 20.3 Å². The summed E-state index contributed by atoms with van der Waals surface area (Å²) >= 11 is 0. The van der Waals surface area contributed by atoms with E-state index in [1.807, 2.05) is 41.8 Å². The molecule has 29 heavy (non-hydrogen) atoms. The summed E-state index contributed by atoms with van der Waals surface area (Å²) in [5.41, 5.74) is 5.13. The predicted molar refractivity (Wildman–Crippen MR) is 108 cm³/mol. The van der Waals surface area contributed by atoms with Gasteiger partial charge in [0, 0.05) is 44.9 Å². The van der Waals surface area contributed by atoms with Crippen LogP contribution in [0, 0.1) is 0 Å². The molecule has 0 atom stereocenters.